The smallest absolute Gasteiger partial charge is 0.331 e. The molecule has 0 spiro atoms. The molecule has 1 aromatic heterocycles. The van der Waals surface area contributed by atoms with Crippen molar-refractivity contribution in [1.29, 1.82) is 0 Å². The first-order valence-corrected chi connectivity index (χ1v) is 10.1. The maximum atomic E-state index is 12.2. The molecule has 1 heterocycles. The number of hydrogen-bond donors (Lipinski definition) is 0. The fraction of sp³-hybridized carbons (Fsp3) is 0.217. The minimum Gasteiger partial charge on any atom is -0.496 e. The van der Waals surface area contributed by atoms with Crippen LogP contribution in [0.25, 0.3) is 16.6 Å². The molecule has 0 atom stereocenters. The number of esters is 1. The topological polar surface area (TPSA) is 66.9 Å². The first kappa shape index (κ1) is 21.4. The zero-order valence-corrected chi connectivity index (χ0v) is 18.1. The van der Waals surface area contributed by atoms with E-state index >= 15 is 0 Å². The monoisotopic (exact) mass is 425 g/mol. The lowest BCUT2D eigenvalue weighted by Gasteiger charge is -2.12. The summed E-state index contributed by atoms with van der Waals surface area (Å²) in [5.74, 6) is 1.16. The van der Waals surface area contributed by atoms with E-state index < -0.39 is 5.97 Å². The third-order valence-corrected chi connectivity index (χ3v) is 5.29. The maximum Gasteiger partial charge on any atom is 0.331 e. The van der Waals surface area contributed by atoms with Crippen LogP contribution in [0.5, 0.6) is 17.2 Å². The summed E-state index contributed by atoms with van der Waals surface area (Å²) in [5.41, 5.74) is 3.62. The van der Waals surface area contributed by atoms with E-state index in [9.17, 15) is 4.79 Å². The molecule has 0 fully saturated rings. The van der Waals surface area contributed by atoms with Crippen LogP contribution in [0.15, 0.2) is 47.9 Å². The molecule has 156 valence electrons. The van der Waals surface area contributed by atoms with Crippen molar-refractivity contribution in [3.05, 3.63) is 64.7 Å². The van der Waals surface area contributed by atoms with Crippen LogP contribution >= 0.6 is 11.3 Å². The van der Waals surface area contributed by atoms with Gasteiger partial charge in [-0.15, -0.1) is 11.3 Å². The minimum atomic E-state index is -0.475. The van der Waals surface area contributed by atoms with Gasteiger partial charge in [0, 0.05) is 28.6 Å². The molecule has 7 heteroatoms. The average Bonchev–Trinajstić information content (AvgIpc) is 3.25. The fourth-order valence-corrected chi connectivity index (χ4v) is 3.55. The summed E-state index contributed by atoms with van der Waals surface area (Å²) in [6.07, 6.45) is 2.96. The van der Waals surface area contributed by atoms with E-state index in [-0.39, 0.29) is 6.61 Å². The Balaban J connectivity index is 1.64. The molecular weight excluding hydrogens is 402 g/mol. The Hall–Kier alpha value is -3.32. The van der Waals surface area contributed by atoms with Gasteiger partial charge in [0.05, 0.1) is 27.0 Å². The van der Waals surface area contributed by atoms with Crippen LogP contribution in [0.2, 0.25) is 0 Å². The molecular formula is C23H23NO5S. The highest BCUT2D eigenvalue weighted by molar-refractivity contribution is 7.13. The van der Waals surface area contributed by atoms with Gasteiger partial charge < -0.3 is 18.9 Å². The Bertz CT molecular complexity index is 1040. The van der Waals surface area contributed by atoms with Gasteiger partial charge in [0.25, 0.3) is 0 Å². The molecule has 0 unspecified atom stereocenters. The van der Waals surface area contributed by atoms with Crippen molar-refractivity contribution in [2.75, 3.05) is 21.3 Å². The molecule has 0 saturated carbocycles. The van der Waals surface area contributed by atoms with Crippen LogP contribution in [-0.4, -0.2) is 32.3 Å². The van der Waals surface area contributed by atoms with Gasteiger partial charge in [0.2, 0.25) is 0 Å². The van der Waals surface area contributed by atoms with Crippen LogP contribution < -0.4 is 14.2 Å². The maximum absolute atomic E-state index is 12.2. The first-order chi connectivity index (χ1) is 14.5. The molecule has 3 rings (SSSR count). The van der Waals surface area contributed by atoms with Crippen molar-refractivity contribution in [1.82, 2.24) is 4.98 Å². The van der Waals surface area contributed by atoms with Gasteiger partial charge in [-0.25, -0.2) is 9.78 Å². The van der Waals surface area contributed by atoms with Gasteiger partial charge in [0.15, 0.2) is 11.5 Å². The van der Waals surface area contributed by atoms with Crippen molar-refractivity contribution < 1.29 is 23.7 Å². The molecule has 3 aromatic rings. The summed E-state index contributed by atoms with van der Waals surface area (Å²) < 4.78 is 21.2. The molecule has 0 aliphatic rings. The highest BCUT2D eigenvalue weighted by atomic mass is 32.1. The fourth-order valence-electron chi connectivity index (χ4n) is 2.74. The number of ether oxygens (including phenoxy) is 4. The van der Waals surface area contributed by atoms with Crippen LogP contribution in [-0.2, 0) is 16.1 Å². The molecule has 0 bridgehead atoms. The third-order valence-electron chi connectivity index (χ3n) is 4.35. The van der Waals surface area contributed by atoms with E-state index in [1.807, 2.05) is 36.6 Å². The largest absolute Gasteiger partial charge is 0.496 e. The molecule has 30 heavy (non-hydrogen) atoms. The molecule has 0 saturated heterocycles. The summed E-state index contributed by atoms with van der Waals surface area (Å²) in [7, 11) is 4.64. The summed E-state index contributed by atoms with van der Waals surface area (Å²) in [6, 6.07) is 11.6. The van der Waals surface area contributed by atoms with Crippen molar-refractivity contribution >= 4 is 23.4 Å². The van der Waals surface area contributed by atoms with Crippen LogP contribution in [0, 0.1) is 6.92 Å². The Morgan fingerprint density at radius 1 is 1.00 bits per heavy atom. The SMILES string of the molecule is COc1cc(OC)c(OC)cc1/C=C/C(=O)OCc1csc(-c2ccc(C)cc2)n1. The van der Waals surface area contributed by atoms with Gasteiger partial charge in [0.1, 0.15) is 17.4 Å². The highest BCUT2D eigenvalue weighted by Crippen LogP contribution is 2.35. The van der Waals surface area contributed by atoms with Gasteiger partial charge in [-0.1, -0.05) is 29.8 Å². The van der Waals surface area contributed by atoms with Gasteiger partial charge in [-0.2, -0.15) is 0 Å². The predicted molar refractivity (Wildman–Crippen MR) is 117 cm³/mol. The quantitative estimate of drug-likeness (QED) is 0.378. The number of rotatable bonds is 8. The lowest BCUT2D eigenvalue weighted by molar-refractivity contribution is -0.139. The lowest BCUT2D eigenvalue weighted by Crippen LogP contribution is -2.01. The molecule has 0 aliphatic heterocycles. The van der Waals surface area contributed by atoms with E-state index in [0.717, 1.165) is 10.6 Å². The number of aryl methyl sites for hydroxylation is 1. The van der Waals surface area contributed by atoms with Crippen molar-refractivity contribution in [2.45, 2.75) is 13.5 Å². The number of thiazole rings is 1. The lowest BCUT2D eigenvalue weighted by atomic mass is 10.1. The van der Waals surface area contributed by atoms with Crippen molar-refractivity contribution in [3.8, 4) is 27.8 Å². The number of hydrogen-bond acceptors (Lipinski definition) is 7. The molecule has 0 aliphatic carbocycles. The van der Waals surface area contributed by atoms with Crippen LogP contribution in [0.4, 0.5) is 0 Å². The van der Waals surface area contributed by atoms with Gasteiger partial charge in [-0.3, -0.25) is 0 Å². The van der Waals surface area contributed by atoms with E-state index in [0.29, 0.717) is 28.5 Å². The molecule has 0 amide bonds. The van der Waals surface area contributed by atoms with Crippen molar-refractivity contribution in [3.63, 3.8) is 0 Å². The normalized spacial score (nSPS) is 10.8. The molecule has 6 nitrogen and oxygen atoms in total. The number of methoxy groups -OCH3 is 3. The number of benzene rings is 2. The Morgan fingerprint density at radius 3 is 2.33 bits per heavy atom. The summed E-state index contributed by atoms with van der Waals surface area (Å²) >= 11 is 1.52. The zero-order chi connectivity index (χ0) is 21.5. The van der Waals surface area contributed by atoms with E-state index in [4.69, 9.17) is 18.9 Å². The van der Waals surface area contributed by atoms with E-state index in [1.165, 1.54) is 23.0 Å². The minimum absolute atomic E-state index is 0.106. The summed E-state index contributed by atoms with van der Waals surface area (Å²) in [6.45, 7) is 2.15. The number of nitrogens with zero attached hydrogens (tertiary/aromatic N) is 1. The Labute approximate surface area is 179 Å². The molecule has 0 N–H and O–H groups in total. The zero-order valence-electron chi connectivity index (χ0n) is 17.3. The van der Waals surface area contributed by atoms with Crippen LogP contribution in [0.1, 0.15) is 16.8 Å². The Morgan fingerprint density at radius 2 is 1.67 bits per heavy atom. The second kappa shape index (κ2) is 9.93. The highest BCUT2D eigenvalue weighted by Gasteiger charge is 2.11. The second-order valence-electron chi connectivity index (χ2n) is 6.40. The summed E-state index contributed by atoms with van der Waals surface area (Å²) in [5, 5.41) is 2.79. The van der Waals surface area contributed by atoms with Crippen LogP contribution in [0.3, 0.4) is 0 Å². The van der Waals surface area contributed by atoms with E-state index in [1.54, 1.807) is 39.5 Å². The number of carbonyl (C=O) groups excluding carboxylic acids is 1. The standard InChI is InChI=1S/C23H23NO5S/c1-15-5-7-16(8-6-15)23-24-18(14-30-23)13-29-22(25)10-9-17-11-20(27-3)21(28-4)12-19(17)26-2/h5-12,14H,13H2,1-4H3/b10-9+. The number of carbonyl (C=O) groups is 1. The van der Waals surface area contributed by atoms with E-state index in [2.05, 4.69) is 4.98 Å². The number of aromatic nitrogens is 1. The van der Waals surface area contributed by atoms with Crippen molar-refractivity contribution in [2.24, 2.45) is 0 Å². The predicted octanol–water partition coefficient (Wildman–Crippen LogP) is 4.90. The first-order valence-electron chi connectivity index (χ1n) is 9.20. The molecule has 2 aromatic carbocycles. The molecule has 0 radical (unpaired) electrons. The third kappa shape index (κ3) is 5.18. The van der Waals surface area contributed by atoms with Gasteiger partial charge >= 0.3 is 5.97 Å². The Kier molecular flexibility index (Phi) is 7.08. The summed E-state index contributed by atoms with van der Waals surface area (Å²) in [4.78, 5) is 16.7. The average molecular weight is 426 g/mol. The second-order valence-corrected chi connectivity index (χ2v) is 7.26. The van der Waals surface area contributed by atoms with Gasteiger partial charge in [-0.05, 0) is 19.1 Å².